The van der Waals surface area contributed by atoms with E-state index in [1.807, 2.05) is 19.1 Å². The molecule has 0 heterocycles. The minimum Gasteiger partial charge on any atom is -0.496 e. The van der Waals surface area contributed by atoms with E-state index in [-0.39, 0.29) is 11.9 Å². The molecule has 1 atom stereocenters. The number of halogens is 1. The summed E-state index contributed by atoms with van der Waals surface area (Å²) in [6.07, 6.45) is 0.772. The van der Waals surface area contributed by atoms with Gasteiger partial charge in [-0.1, -0.05) is 19.9 Å². The van der Waals surface area contributed by atoms with Gasteiger partial charge in [-0.25, -0.2) is 0 Å². The van der Waals surface area contributed by atoms with Gasteiger partial charge < -0.3 is 10.1 Å². The van der Waals surface area contributed by atoms with E-state index in [1.165, 1.54) is 0 Å². The molecule has 1 aromatic carbocycles. The lowest BCUT2D eigenvalue weighted by Crippen LogP contribution is -2.38. The third-order valence-electron chi connectivity index (χ3n) is 3.21. The molecule has 3 nitrogen and oxygen atoms in total. The first-order valence-electron chi connectivity index (χ1n) is 6.51. The average molecular weight is 284 g/mol. The number of amides is 1. The molecule has 1 aromatic rings. The van der Waals surface area contributed by atoms with Crippen molar-refractivity contribution in [2.75, 3.05) is 13.0 Å². The van der Waals surface area contributed by atoms with Crippen molar-refractivity contribution in [2.24, 2.45) is 5.92 Å². The van der Waals surface area contributed by atoms with E-state index in [0.29, 0.717) is 17.4 Å². The minimum atomic E-state index is -0.0814. The van der Waals surface area contributed by atoms with E-state index < -0.39 is 0 Å². The molecule has 1 amide bonds. The molecule has 19 heavy (non-hydrogen) atoms. The van der Waals surface area contributed by atoms with Gasteiger partial charge in [0.15, 0.2) is 0 Å². The van der Waals surface area contributed by atoms with Gasteiger partial charge >= 0.3 is 0 Å². The van der Waals surface area contributed by atoms with E-state index >= 15 is 0 Å². The maximum Gasteiger partial charge on any atom is 0.251 e. The van der Waals surface area contributed by atoms with Crippen LogP contribution in [0.5, 0.6) is 5.75 Å². The Morgan fingerprint density at radius 1 is 1.42 bits per heavy atom. The fraction of sp³-hybridized carbons (Fsp3) is 0.533. The van der Waals surface area contributed by atoms with Crippen molar-refractivity contribution in [1.82, 2.24) is 5.32 Å². The highest BCUT2D eigenvalue weighted by Crippen LogP contribution is 2.19. The molecule has 0 aromatic heterocycles. The second kappa shape index (κ2) is 7.39. The van der Waals surface area contributed by atoms with Crippen LogP contribution in [-0.2, 0) is 0 Å². The number of carbonyl (C=O) groups excluding carboxylic acids is 1. The fourth-order valence-corrected chi connectivity index (χ4v) is 2.14. The molecule has 1 rings (SSSR count). The van der Waals surface area contributed by atoms with Crippen molar-refractivity contribution in [3.8, 4) is 5.75 Å². The van der Waals surface area contributed by atoms with Gasteiger partial charge in [0, 0.05) is 17.5 Å². The number of carbonyl (C=O) groups is 1. The van der Waals surface area contributed by atoms with Crippen LogP contribution in [0.15, 0.2) is 18.2 Å². The number of rotatable bonds is 6. The average Bonchev–Trinajstić information content (AvgIpc) is 2.38. The first kappa shape index (κ1) is 15.8. The second-order valence-corrected chi connectivity index (χ2v) is 5.36. The van der Waals surface area contributed by atoms with Crippen LogP contribution in [0.3, 0.4) is 0 Å². The normalized spacial score (nSPS) is 12.3. The van der Waals surface area contributed by atoms with Crippen molar-refractivity contribution in [3.05, 3.63) is 29.3 Å². The van der Waals surface area contributed by atoms with Crippen molar-refractivity contribution in [3.63, 3.8) is 0 Å². The summed E-state index contributed by atoms with van der Waals surface area (Å²) in [6, 6.07) is 5.56. The van der Waals surface area contributed by atoms with Gasteiger partial charge in [0.1, 0.15) is 5.75 Å². The summed E-state index contributed by atoms with van der Waals surface area (Å²) in [5.41, 5.74) is 1.63. The zero-order chi connectivity index (χ0) is 14.4. The molecule has 4 heteroatoms. The van der Waals surface area contributed by atoms with E-state index in [4.69, 9.17) is 16.3 Å². The van der Waals surface area contributed by atoms with Crippen molar-refractivity contribution < 1.29 is 9.53 Å². The van der Waals surface area contributed by atoms with Crippen LogP contribution in [0.2, 0.25) is 0 Å². The molecule has 0 aliphatic heterocycles. The quantitative estimate of drug-likeness (QED) is 0.813. The number of alkyl halides is 1. The number of benzene rings is 1. The molecule has 0 saturated carbocycles. The third kappa shape index (κ3) is 4.43. The maximum absolute atomic E-state index is 12.2. The summed E-state index contributed by atoms with van der Waals surface area (Å²) in [6.45, 7) is 6.10. The molecule has 0 aliphatic rings. The van der Waals surface area contributed by atoms with Crippen LogP contribution in [0.25, 0.3) is 0 Å². The van der Waals surface area contributed by atoms with Crippen LogP contribution >= 0.6 is 11.6 Å². The van der Waals surface area contributed by atoms with Gasteiger partial charge in [0.25, 0.3) is 5.91 Å². The highest BCUT2D eigenvalue weighted by atomic mass is 35.5. The SMILES string of the molecule is COc1cc(C(=O)NC(CCCl)C(C)C)ccc1C. The highest BCUT2D eigenvalue weighted by molar-refractivity contribution is 6.17. The molecule has 0 saturated heterocycles. The Labute approximate surface area is 120 Å². The smallest absolute Gasteiger partial charge is 0.251 e. The largest absolute Gasteiger partial charge is 0.496 e. The molecule has 0 fully saturated rings. The van der Waals surface area contributed by atoms with Crippen LogP contribution in [0.1, 0.15) is 36.2 Å². The second-order valence-electron chi connectivity index (χ2n) is 4.99. The summed E-state index contributed by atoms with van der Waals surface area (Å²) in [4.78, 5) is 12.2. The van der Waals surface area contributed by atoms with E-state index in [0.717, 1.165) is 17.7 Å². The van der Waals surface area contributed by atoms with Crippen LogP contribution in [-0.4, -0.2) is 24.9 Å². The molecular weight excluding hydrogens is 262 g/mol. The fourth-order valence-electron chi connectivity index (χ4n) is 1.90. The topological polar surface area (TPSA) is 38.3 Å². The molecule has 0 radical (unpaired) electrons. The first-order chi connectivity index (χ1) is 8.99. The van der Waals surface area contributed by atoms with E-state index in [2.05, 4.69) is 19.2 Å². The maximum atomic E-state index is 12.2. The standard InChI is InChI=1S/C15H22ClNO2/c1-10(2)13(7-8-16)17-15(18)12-6-5-11(3)14(9-12)19-4/h5-6,9-10,13H,7-8H2,1-4H3,(H,17,18). The van der Waals surface area contributed by atoms with Crippen LogP contribution < -0.4 is 10.1 Å². The van der Waals surface area contributed by atoms with E-state index in [1.54, 1.807) is 13.2 Å². The zero-order valence-electron chi connectivity index (χ0n) is 12.0. The van der Waals surface area contributed by atoms with E-state index in [9.17, 15) is 4.79 Å². The lowest BCUT2D eigenvalue weighted by molar-refractivity contribution is 0.0924. The molecule has 0 bridgehead atoms. The molecule has 106 valence electrons. The van der Waals surface area contributed by atoms with Gasteiger partial charge in [-0.2, -0.15) is 0 Å². The Balaban J connectivity index is 2.82. The van der Waals surface area contributed by atoms with Gasteiger partial charge in [0.2, 0.25) is 0 Å². The lowest BCUT2D eigenvalue weighted by Gasteiger charge is -2.21. The number of aryl methyl sites for hydroxylation is 1. The van der Waals surface area contributed by atoms with Crippen molar-refractivity contribution in [1.29, 1.82) is 0 Å². The summed E-state index contributed by atoms with van der Waals surface area (Å²) >= 11 is 5.77. The Bertz CT molecular complexity index is 432. The zero-order valence-corrected chi connectivity index (χ0v) is 12.8. The lowest BCUT2D eigenvalue weighted by atomic mass is 10.0. The predicted octanol–water partition coefficient (Wildman–Crippen LogP) is 3.39. The molecule has 0 spiro atoms. The number of methoxy groups -OCH3 is 1. The Hall–Kier alpha value is -1.22. The number of ether oxygens (including phenoxy) is 1. The summed E-state index contributed by atoms with van der Waals surface area (Å²) < 4.78 is 5.23. The summed E-state index contributed by atoms with van der Waals surface area (Å²) in [7, 11) is 1.61. The van der Waals surface area contributed by atoms with Crippen LogP contribution in [0.4, 0.5) is 0 Å². The summed E-state index contributed by atoms with van der Waals surface area (Å²) in [5.74, 6) is 1.55. The number of hydrogen-bond donors (Lipinski definition) is 1. The van der Waals surface area contributed by atoms with Crippen LogP contribution in [0, 0.1) is 12.8 Å². The van der Waals surface area contributed by atoms with Crippen molar-refractivity contribution >= 4 is 17.5 Å². The number of hydrogen-bond acceptors (Lipinski definition) is 2. The van der Waals surface area contributed by atoms with Gasteiger partial charge in [0.05, 0.1) is 7.11 Å². The highest BCUT2D eigenvalue weighted by Gasteiger charge is 2.17. The summed E-state index contributed by atoms with van der Waals surface area (Å²) in [5, 5.41) is 3.03. The molecule has 1 unspecified atom stereocenters. The van der Waals surface area contributed by atoms with Gasteiger partial charge in [-0.3, -0.25) is 4.79 Å². The molecular formula is C15H22ClNO2. The minimum absolute atomic E-state index is 0.0814. The molecule has 1 N–H and O–H groups in total. The third-order valence-corrected chi connectivity index (χ3v) is 3.43. The Kier molecular flexibility index (Phi) is 6.16. The van der Waals surface area contributed by atoms with Gasteiger partial charge in [-0.15, -0.1) is 11.6 Å². The first-order valence-corrected chi connectivity index (χ1v) is 7.04. The predicted molar refractivity (Wildman–Crippen MR) is 79.2 cm³/mol. The molecule has 0 aliphatic carbocycles. The number of nitrogens with one attached hydrogen (secondary N) is 1. The van der Waals surface area contributed by atoms with Crippen molar-refractivity contribution in [2.45, 2.75) is 33.2 Å². The monoisotopic (exact) mass is 283 g/mol. The van der Waals surface area contributed by atoms with Gasteiger partial charge in [-0.05, 0) is 37.0 Å². The Morgan fingerprint density at radius 2 is 2.11 bits per heavy atom. The Morgan fingerprint density at radius 3 is 2.63 bits per heavy atom.